The Morgan fingerprint density at radius 1 is 0.370 bits per heavy atom. The van der Waals surface area contributed by atoms with Gasteiger partial charge in [0.15, 0.2) is 6.10 Å². The van der Waals surface area contributed by atoms with Crippen molar-refractivity contribution in [3.8, 4) is 0 Å². The van der Waals surface area contributed by atoms with Crippen LogP contribution >= 0.6 is 0 Å². The normalized spacial score (nSPS) is 13.1. The number of carbonyl (C=O) groups is 3. The summed E-state index contributed by atoms with van der Waals surface area (Å²) in [6.07, 6.45) is 39.5. The maximum atomic E-state index is 12.7. The monoisotopic (exact) mass is 765 g/mol. The Labute approximate surface area is 336 Å². The van der Waals surface area contributed by atoms with Crippen molar-refractivity contribution < 1.29 is 28.6 Å². The standard InChI is InChI=1S/C48H92O6/c1-6-9-10-11-12-13-14-15-16-17-18-19-20-21-28-33-38-46(49)52-41-45(54-48(51)40-35-30-25-23-27-32-37-44(5)8-3)42-53-47(50)39-34-29-24-22-26-31-36-43(4)7-2/h43-45H,6-42H2,1-5H3/t43?,44?,45-/m1/s1. The van der Waals surface area contributed by atoms with Crippen LogP contribution in [0.2, 0.25) is 0 Å². The number of hydrogen-bond donors (Lipinski definition) is 0. The van der Waals surface area contributed by atoms with E-state index in [0.29, 0.717) is 19.3 Å². The fraction of sp³-hybridized carbons (Fsp3) is 0.938. The third-order valence-corrected chi connectivity index (χ3v) is 11.4. The van der Waals surface area contributed by atoms with E-state index in [4.69, 9.17) is 14.2 Å². The van der Waals surface area contributed by atoms with Crippen LogP contribution < -0.4 is 0 Å². The molecule has 3 atom stereocenters. The lowest BCUT2D eigenvalue weighted by Gasteiger charge is -2.18. The lowest BCUT2D eigenvalue weighted by atomic mass is 10.00. The lowest BCUT2D eigenvalue weighted by Crippen LogP contribution is -2.30. The van der Waals surface area contributed by atoms with E-state index in [-0.39, 0.29) is 31.1 Å². The first-order chi connectivity index (χ1) is 26.3. The van der Waals surface area contributed by atoms with Gasteiger partial charge in [0.25, 0.3) is 0 Å². The fourth-order valence-electron chi connectivity index (χ4n) is 7.04. The van der Waals surface area contributed by atoms with Crippen molar-refractivity contribution in [1.82, 2.24) is 0 Å². The molecule has 0 saturated carbocycles. The second kappa shape index (κ2) is 41.1. The van der Waals surface area contributed by atoms with Gasteiger partial charge in [-0.3, -0.25) is 14.4 Å². The minimum absolute atomic E-state index is 0.0659. The predicted octanol–water partition coefficient (Wildman–Crippen LogP) is 15.0. The molecule has 0 amide bonds. The smallest absolute Gasteiger partial charge is 0.306 e. The summed E-state index contributed by atoms with van der Waals surface area (Å²) in [6.45, 7) is 11.3. The Morgan fingerprint density at radius 2 is 0.648 bits per heavy atom. The van der Waals surface area contributed by atoms with E-state index in [1.165, 1.54) is 148 Å². The average molecular weight is 765 g/mol. The van der Waals surface area contributed by atoms with Crippen LogP contribution in [0.25, 0.3) is 0 Å². The molecule has 0 aromatic rings. The highest BCUT2D eigenvalue weighted by Crippen LogP contribution is 2.17. The van der Waals surface area contributed by atoms with Gasteiger partial charge in [0.05, 0.1) is 0 Å². The molecule has 0 fully saturated rings. The van der Waals surface area contributed by atoms with E-state index < -0.39 is 6.10 Å². The van der Waals surface area contributed by atoms with Crippen LogP contribution in [0.4, 0.5) is 0 Å². The zero-order valence-electron chi connectivity index (χ0n) is 36.8. The Bertz CT molecular complexity index is 828. The molecule has 0 spiro atoms. The highest BCUT2D eigenvalue weighted by molar-refractivity contribution is 5.71. The lowest BCUT2D eigenvalue weighted by molar-refractivity contribution is -0.167. The molecule has 0 radical (unpaired) electrons. The van der Waals surface area contributed by atoms with Crippen molar-refractivity contribution in [3.63, 3.8) is 0 Å². The summed E-state index contributed by atoms with van der Waals surface area (Å²) in [4.78, 5) is 37.7. The Hall–Kier alpha value is -1.59. The van der Waals surface area contributed by atoms with E-state index in [0.717, 1.165) is 69.6 Å². The van der Waals surface area contributed by atoms with E-state index >= 15 is 0 Å². The topological polar surface area (TPSA) is 78.9 Å². The Kier molecular flexibility index (Phi) is 39.8. The van der Waals surface area contributed by atoms with Crippen LogP contribution in [0.1, 0.15) is 259 Å². The van der Waals surface area contributed by atoms with Gasteiger partial charge in [0.2, 0.25) is 0 Å². The number of hydrogen-bond acceptors (Lipinski definition) is 6. The maximum Gasteiger partial charge on any atom is 0.306 e. The molecule has 0 heterocycles. The molecule has 54 heavy (non-hydrogen) atoms. The van der Waals surface area contributed by atoms with Gasteiger partial charge in [-0.2, -0.15) is 0 Å². The molecule has 0 aromatic carbocycles. The number of carbonyl (C=O) groups excluding carboxylic acids is 3. The molecule has 0 saturated heterocycles. The SMILES string of the molecule is CCCCCCCCCCCCCCCCCCC(=O)OC[C@H](COC(=O)CCCCCCCCC(C)CC)OC(=O)CCCCCCCCC(C)CC. The Morgan fingerprint density at radius 3 is 0.963 bits per heavy atom. The van der Waals surface area contributed by atoms with Gasteiger partial charge in [-0.05, 0) is 31.1 Å². The number of ether oxygens (including phenoxy) is 3. The molecule has 6 nitrogen and oxygen atoms in total. The third-order valence-electron chi connectivity index (χ3n) is 11.4. The summed E-state index contributed by atoms with van der Waals surface area (Å²) in [7, 11) is 0. The summed E-state index contributed by atoms with van der Waals surface area (Å²) in [6, 6.07) is 0. The first-order valence-corrected chi connectivity index (χ1v) is 23.8. The second-order valence-electron chi connectivity index (χ2n) is 16.9. The van der Waals surface area contributed by atoms with Gasteiger partial charge in [0.1, 0.15) is 13.2 Å². The minimum Gasteiger partial charge on any atom is -0.462 e. The molecule has 2 unspecified atom stereocenters. The van der Waals surface area contributed by atoms with Crippen molar-refractivity contribution in [2.45, 2.75) is 265 Å². The van der Waals surface area contributed by atoms with Gasteiger partial charge in [-0.1, -0.05) is 221 Å². The van der Waals surface area contributed by atoms with E-state index in [9.17, 15) is 14.4 Å². The number of unbranched alkanes of at least 4 members (excludes halogenated alkanes) is 25. The molecule has 320 valence electrons. The van der Waals surface area contributed by atoms with Crippen molar-refractivity contribution in [2.75, 3.05) is 13.2 Å². The molecule has 0 aliphatic rings. The second-order valence-corrected chi connectivity index (χ2v) is 16.9. The predicted molar refractivity (Wildman–Crippen MR) is 229 cm³/mol. The van der Waals surface area contributed by atoms with Crippen molar-refractivity contribution in [2.24, 2.45) is 11.8 Å². The number of rotatable bonds is 42. The molecule has 0 aliphatic heterocycles. The van der Waals surface area contributed by atoms with E-state index in [2.05, 4.69) is 34.6 Å². The van der Waals surface area contributed by atoms with Gasteiger partial charge in [-0.25, -0.2) is 0 Å². The van der Waals surface area contributed by atoms with Crippen molar-refractivity contribution >= 4 is 17.9 Å². The van der Waals surface area contributed by atoms with E-state index in [1.54, 1.807) is 0 Å². The van der Waals surface area contributed by atoms with Gasteiger partial charge < -0.3 is 14.2 Å². The summed E-state index contributed by atoms with van der Waals surface area (Å²) in [5.41, 5.74) is 0. The van der Waals surface area contributed by atoms with Crippen LogP contribution in [0, 0.1) is 11.8 Å². The summed E-state index contributed by atoms with van der Waals surface area (Å²) in [5, 5.41) is 0. The maximum absolute atomic E-state index is 12.7. The molecule has 0 rings (SSSR count). The summed E-state index contributed by atoms with van der Waals surface area (Å²) >= 11 is 0. The quantitative estimate of drug-likeness (QED) is 0.0350. The highest BCUT2D eigenvalue weighted by Gasteiger charge is 2.19. The molecule has 6 heteroatoms. The minimum atomic E-state index is -0.762. The Balaban J connectivity index is 4.29. The average Bonchev–Trinajstić information content (AvgIpc) is 3.17. The van der Waals surface area contributed by atoms with Gasteiger partial charge in [0, 0.05) is 19.3 Å². The van der Waals surface area contributed by atoms with Gasteiger partial charge >= 0.3 is 17.9 Å². The van der Waals surface area contributed by atoms with Crippen molar-refractivity contribution in [3.05, 3.63) is 0 Å². The van der Waals surface area contributed by atoms with Gasteiger partial charge in [-0.15, -0.1) is 0 Å². The molecular weight excluding hydrogens is 673 g/mol. The molecule has 0 bridgehead atoms. The van der Waals surface area contributed by atoms with Crippen LogP contribution in [-0.4, -0.2) is 37.2 Å². The fourth-order valence-corrected chi connectivity index (χ4v) is 7.04. The zero-order valence-corrected chi connectivity index (χ0v) is 36.8. The molecule has 0 N–H and O–H groups in total. The van der Waals surface area contributed by atoms with Crippen LogP contribution in [0.5, 0.6) is 0 Å². The largest absolute Gasteiger partial charge is 0.462 e. The third kappa shape index (κ3) is 38.7. The highest BCUT2D eigenvalue weighted by atomic mass is 16.6. The summed E-state index contributed by atoms with van der Waals surface area (Å²) < 4.78 is 16.7. The first kappa shape index (κ1) is 52.4. The number of esters is 3. The molecule has 0 aliphatic carbocycles. The van der Waals surface area contributed by atoms with Crippen molar-refractivity contribution in [1.29, 1.82) is 0 Å². The molecule has 0 aromatic heterocycles. The first-order valence-electron chi connectivity index (χ1n) is 23.8. The van der Waals surface area contributed by atoms with Crippen LogP contribution in [0.3, 0.4) is 0 Å². The summed E-state index contributed by atoms with van der Waals surface area (Å²) in [5.74, 6) is 0.763. The van der Waals surface area contributed by atoms with Crippen LogP contribution in [0.15, 0.2) is 0 Å². The van der Waals surface area contributed by atoms with E-state index in [1.807, 2.05) is 0 Å². The van der Waals surface area contributed by atoms with Crippen LogP contribution in [-0.2, 0) is 28.6 Å². The zero-order chi connectivity index (χ0) is 39.7. The molecular formula is C48H92O6.